The van der Waals surface area contributed by atoms with E-state index in [1.165, 1.54) is 3.57 Å². The summed E-state index contributed by atoms with van der Waals surface area (Å²) in [6.45, 7) is 6.46. The lowest BCUT2D eigenvalue weighted by Gasteiger charge is -2.27. The number of aliphatic hydroxyl groups is 1. The molecule has 0 aliphatic rings. The van der Waals surface area contributed by atoms with E-state index >= 15 is 0 Å². The summed E-state index contributed by atoms with van der Waals surface area (Å²) in [5.41, 5.74) is 1.61. The Kier molecular flexibility index (Phi) is 8.72. The molecular weight excluding hydrogens is 467 g/mol. The van der Waals surface area contributed by atoms with E-state index < -0.39 is 23.8 Å². The molecule has 0 aliphatic carbocycles. The van der Waals surface area contributed by atoms with E-state index in [1.807, 2.05) is 69.3 Å². The van der Waals surface area contributed by atoms with Crippen LogP contribution in [0.2, 0.25) is 0 Å². The van der Waals surface area contributed by atoms with Gasteiger partial charge in [-0.05, 0) is 73.0 Å². The summed E-state index contributed by atoms with van der Waals surface area (Å²) in [6.07, 6.45) is -0.757. The molecule has 5 nitrogen and oxygen atoms in total. The standard InChI is InChI=1S/C22H29IN2O3/c1-22(2,3)28-21(27)25-19(13-16-8-5-4-6-9-16)20(26)15-24-14-17-10-7-11-18(23)12-17/h4-12,19-20,24,26H,13-15H2,1-3H3,(H,25,27)/t19-,20+/m0/s1. The number of carbonyl (C=O) groups is 1. The number of aliphatic hydroxyl groups excluding tert-OH is 1. The highest BCUT2D eigenvalue weighted by atomic mass is 127. The molecule has 152 valence electrons. The Balaban J connectivity index is 1.96. The van der Waals surface area contributed by atoms with E-state index in [2.05, 4.69) is 39.3 Å². The van der Waals surface area contributed by atoms with Crippen LogP contribution >= 0.6 is 22.6 Å². The van der Waals surface area contributed by atoms with Gasteiger partial charge in [0.25, 0.3) is 0 Å². The summed E-state index contributed by atoms with van der Waals surface area (Å²) >= 11 is 2.28. The van der Waals surface area contributed by atoms with Crippen LogP contribution in [0.3, 0.4) is 0 Å². The van der Waals surface area contributed by atoms with E-state index in [1.54, 1.807) is 0 Å². The van der Waals surface area contributed by atoms with Crippen molar-refractivity contribution in [2.45, 2.75) is 51.5 Å². The minimum absolute atomic E-state index is 0.360. The molecule has 0 aromatic heterocycles. The number of amides is 1. The average Bonchev–Trinajstić information content (AvgIpc) is 2.60. The van der Waals surface area contributed by atoms with Crippen LogP contribution in [0.5, 0.6) is 0 Å². The molecule has 6 heteroatoms. The normalized spacial score (nSPS) is 13.6. The molecule has 2 atom stereocenters. The molecule has 0 heterocycles. The van der Waals surface area contributed by atoms with Crippen molar-refractivity contribution in [1.29, 1.82) is 0 Å². The quantitative estimate of drug-likeness (QED) is 0.486. The Hall–Kier alpha value is -1.64. The number of alkyl carbamates (subject to hydrolysis) is 1. The molecule has 3 N–H and O–H groups in total. The first-order valence-corrected chi connectivity index (χ1v) is 10.5. The van der Waals surface area contributed by atoms with Crippen molar-refractivity contribution in [3.63, 3.8) is 0 Å². The molecule has 0 fully saturated rings. The summed E-state index contributed by atoms with van der Waals surface area (Å²) < 4.78 is 6.53. The first-order valence-electron chi connectivity index (χ1n) is 9.39. The molecular formula is C22H29IN2O3. The van der Waals surface area contributed by atoms with Crippen molar-refractivity contribution in [2.75, 3.05) is 6.54 Å². The summed E-state index contributed by atoms with van der Waals surface area (Å²) in [5.74, 6) is 0. The predicted molar refractivity (Wildman–Crippen MR) is 120 cm³/mol. The largest absolute Gasteiger partial charge is 0.444 e. The van der Waals surface area contributed by atoms with Crippen molar-refractivity contribution in [3.05, 3.63) is 69.3 Å². The second-order valence-electron chi connectivity index (χ2n) is 7.77. The highest BCUT2D eigenvalue weighted by molar-refractivity contribution is 14.1. The van der Waals surface area contributed by atoms with Crippen molar-refractivity contribution in [3.8, 4) is 0 Å². The van der Waals surface area contributed by atoms with E-state index in [9.17, 15) is 9.90 Å². The molecule has 2 rings (SSSR count). The van der Waals surface area contributed by atoms with Gasteiger partial charge in [-0.1, -0.05) is 42.5 Å². The molecule has 0 radical (unpaired) electrons. The van der Waals surface area contributed by atoms with Gasteiger partial charge in [-0.3, -0.25) is 0 Å². The topological polar surface area (TPSA) is 70.6 Å². The Labute approximate surface area is 181 Å². The fourth-order valence-electron chi connectivity index (χ4n) is 2.76. The number of benzene rings is 2. The van der Waals surface area contributed by atoms with Crippen LogP contribution in [0.4, 0.5) is 4.79 Å². The van der Waals surface area contributed by atoms with Crippen molar-refractivity contribution >= 4 is 28.7 Å². The zero-order valence-electron chi connectivity index (χ0n) is 16.6. The molecule has 2 aromatic rings. The van der Waals surface area contributed by atoms with Crippen molar-refractivity contribution in [1.82, 2.24) is 10.6 Å². The first-order chi connectivity index (χ1) is 13.2. The third-order valence-electron chi connectivity index (χ3n) is 4.04. The van der Waals surface area contributed by atoms with E-state index in [0.29, 0.717) is 19.5 Å². The SMILES string of the molecule is CC(C)(C)OC(=O)N[C@@H](Cc1ccccc1)[C@H](O)CNCc1cccc(I)c1. The van der Waals surface area contributed by atoms with Crippen LogP contribution in [0.25, 0.3) is 0 Å². The van der Waals surface area contributed by atoms with Crippen LogP contribution in [0.15, 0.2) is 54.6 Å². The number of ether oxygens (including phenoxy) is 1. The van der Waals surface area contributed by atoms with Crippen molar-refractivity contribution in [2.24, 2.45) is 0 Å². The third kappa shape index (κ3) is 8.58. The Morgan fingerprint density at radius 1 is 1.11 bits per heavy atom. The lowest BCUT2D eigenvalue weighted by atomic mass is 10.0. The number of hydrogen-bond acceptors (Lipinski definition) is 4. The average molecular weight is 496 g/mol. The predicted octanol–water partition coefficient (Wildman–Crippen LogP) is 3.88. The third-order valence-corrected chi connectivity index (χ3v) is 4.71. The van der Waals surface area contributed by atoms with E-state index in [4.69, 9.17) is 4.74 Å². The number of nitrogens with one attached hydrogen (secondary N) is 2. The number of halogens is 1. The summed E-state index contributed by atoms with van der Waals surface area (Å²) in [7, 11) is 0. The Morgan fingerprint density at radius 2 is 1.79 bits per heavy atom. The van der Waals surface area contributed by atoms with E-state index in [0.717, 1.165) is 11.1 Å². The van der Waals surface area contributed by atoms with Gasteiger partial charge >= 0.3 is 6.09 Å². The maximum atomic E-state index is 12.2. The lowest BCUT2D eigenvalue weighted by Crippen LogP contribution is -2.49. The second-order valence-corrected chi connectivity index (χ2v) is 9.02. The molecule has 0 saturated heterocycles. The molecule has 1 amide bonds. The minimum atomic E-state index is -0.754. The van der Waals surface area contributed by atoms with Gasteiger partial charge in [-0.2, -0.15) is 0 Å². The van der Waals surface area contributed by atoms with E-state index in [-0.39, 0.29) is 0 Å². The van der Waals surface area contributed by atoms with Crippen LogP contribution < -0.4 is 10.6 Å². The number of carbonyl (C=O) groups excluding carboxylic acids is 1. The smallest absolute Gasteiger partial charge is 0.407 e. The van der Waals surface area contributed by atoms with Gasteiger partial charge in [-0.15, -0.1) is 0 Å². The maximum Gasteiger partial charge on any atom is 0.407 e. The van der Waals surface area contributed by atoms with Gasteiger partial charge in [0.05, 0.1) is 12.1 Å². The zero-order chi connectivity index (χ0) is 20.6. The fraction of sp³-hybridized carbons (Fsp3) is 0.409. The molecule has 0 unspecified atom stereocenters. The van der Waals surface area contributed by atoms with Gasteiger partial charge in [-0.25, -0.2) is 4.79 Å². The molecule has 2 aromatic carbocycles. The van der Waals surface area contributed by atoms with Crippen molar-refractivity contribution < 1.29 is 14.6 Å². The van der Waals surface area contributed by atoms with Crippen LogP contribution in [-0.2, 0) is 17.7 Å². The molecule has 28 heavy (non-hydrogen) atoms. The van der Waals surface area contributed by atoms with Gasteiger partial charge in [0, 0.05) is 16.7 Å². The monoisotopic (exact) mass is 496 g/mol. The minimum Gasteiger partial charge on any atom is -0.444 e. The molecule has 0 spiro atoms. The van der Waals surface area contributed by atoms with Crippen LogP contribution in [0, 0.1) is 3.57 Å². The number of rotatable bonds is 8. The summed E-state index contributed by atoms with van der Waals surface area (Å²) in [6, 6.07) is 17.5. The first kappa shape index (κ1) is 22.6. The fourth-order valence-corrected chi connectivity index (χ4v) is 3.37. The summed E-state index contributed by atoms with van der Waals surface area (Å²) in [5, 5.41) is 16.8. The van der Waals surface area contributed by atoms with Crippen LogP contribution in [0.1, 0.15) is 31.9 Å². The maximum absolute atomic E-state index is 12.2. The molecule has 0 saturated carbocycles. The van der Waals surface area contributed by atoms with Crippen LogP contribution in [-0.4, -0.2) is 35.5 Å². The van der Waals surface area contributed by atoms with Gasteiger partial charge in [0.15, 0.2) is 0 Å². The molecule has 0 aliphatic heterocycles. The second kappa shape index (κ2) is 10.8. The highest BCUT2D eigenvalue weighted by Crippen LogP contribution is 2.11. The lowest BCUT2D eigenvalue weighted by molar-refractivity contribution is 0.0422. The summed E-state index contributed by atoms with van der Waals surface area (Å²) in [4.78, 5) is 12.2. The molecule has 0 bridgehead atoms. The van der Waals surface area contributed by atoms with Gasteiger partial charge in [0.1, 0.15) is 5.60 Å². The zero-order valence-corrected chi connectivity index (χ0v) is 18.8. The Bertz CT molecular complexity index is 747. The highest BCUT2D eigenvalue weighted by Gasteiger charge is 2.24. The Morgan fingerprint density at radius 3 is 2.43 bits per heavy atom. The van der Waals surface area contributed by atoms with Gasteiger partial charge < -0.3 is 20.5 Å². The number of hydrogen-bond donors (Lipinski definition) is 3. The van der Waals surface area contributed by atoms with Gasteiger partial charge in [0.2, 0.25) is 0 Å².